The summed E-state index contributed by atoms with van der Waals surface area (Å²) in [4.78, 5) is 28.7. The molecule has 0 aromatic heterocycles. The minimum absolute atomic E-state index is 0.288. The maximum Gasteiger partial charge on any atom is 0.327 e. The average Bonchev–Trinajstić information content (AvgIpc) is 2.43. The number of rotatable bonds is 2. The number of oxime groups is 1. The fourth-order valence-corrected chi connectivity index (χ4v) is 3.57. The minimum atomic E-state index is -0.982. The molecule has 0 saturated carbocycles. The highest BCUT2D eigenvalue weighted by Gasteiger charge is 2.62. The number of carbonyl (C=O) groups excluding carboxylic acids is 1. The van der Waals surface area contributed by atoms with E-state index in [4.69, 9.17) is 5.11 Å². The third-order valence-electron chi connectivity index (χ3n) is 2.72. The van der Waals surface area contributed by atoms with Crippen LogP contribution in [0.2, 0.25) is 0 Å². The zero-order chi connectivity index (χ0) is 12.1. The van der Waals surface area contributed by atoms with E-state index in [1.165, 1.54) is 23.8 Å². The van der Waals surface area contributed by atoms with Gasteiger partial charge >= 0.3 is 5.97 Å². The van der Waals surface area contributed by atoms with Crippen molar-refractivity contribution in [1.82, 2.24) is 4.90 Å². The van der Waals surface area contributed by atoms with E-state index in [2.05, 4.69) is 9.99 Å². The highest BCUT2D eigenvalue weighted by Crippen LogP contribution is 2.49. The molecule has 0 aliphatic carbocycles. The Kier molecular flexibility index (Phi) is 2.37. The molecule has 2 fully saturated rings. The molecule has 0 aromatic carbocycles. The van der Waals surface area contributed by atoms with Crippen molar-refractivity contribution in [1.29, 1.82) is 0 Å². The highest BCUT2D eigenvalue weighted by molar-refractivity contribution is 8.02. The average molecular weight is 244 g/mol. The summed E-state index contributed by atoms with van der Waals surface area (Å²) in [5.74, 6) is -1.33. The van der Waals surface area contributed by atoms with Crippen molar-refractivity contribution in [2.75, 3.05) is 7.11 Å². The Morgan fingerprint density at radius 1 is 1.62 bits per heavy atom. The van der Waals surface area contributed by atoms with Gasteiger partial charge in [-0.25, -0.2) is 4.79 Å². The Bertz CT molecular complexity index is 393. The standard InChI is InChI=1S/C9H12N2O4S/c1-9(2)5(8(13)14)11-6(12)4(10-15-3)7(11)16-9/h5,7H,1-3H3,(H,13,14)/b10-4+/t5-,7+/m0/s1. The minimum Gasteiger partial charge on any atom is -0.480 e. The number of carbonyl (C=O) groups is 2. The molecule has 0 radical (unpaired) electrons. The number of aliphatic carboxylic acids is 1. The van der Waals surface area contributed by atoms with E-state index in [0.29, 0.717) is 5.71 Å². The lowest BCUT2D eigenvalue weighted by Gasteiger charge is -2.36. The van der Waals surface area contributed by atoms with Crippen LogP contribution >= 0.6 is 11.8 Å². The number of fused-ring (bicyclic) bond motifs is 1. The highest BCUT2D eigenvalue weighted by atomic mass is 32.2. The fourth-order valence-electron chi connectivity index (χ4n) is 2.06. The fraction of sp³-hybridized carbons (Fsp3) is 0.667. The largest absolute Gasteiger partial charge is 0.480 e. The first-order chi connectivity index (χ1) is 7.40. The first kappa shape index (κ1) is 11.3. The maximum absolute atomic E-state index is 11.7. The van der Waals surface area contributed by atoms with Crippen LogP contribution < -0.4 is 0 Å². The van der Waals surface area contributed by atoms with Gasteiger partial charge in [0.1, 0.15) is 18.5 Å². The second-order valence-corrected chi connectivity index (χ2v) is 5.92. The van der Waals surface area contributed by atoms with Crippen LogP contribution in [0.25, 0.3) is 0 Å². The molecule has 0 aromatic rings. The summed E-state index contributed by atoms with van der Waals surface area (Å²) in [6, 6.07) is -0.800. The number of hydrogen-bond donors (Lipinski definition) is 1. The Labute approximate surface area is 96.6 Å². The second-order valence-electron chi connectivity index (χ2n) is 4.19. The lowest BCUT2D eigenvalue weighted by Crippen LogP contribution is -2.63. The summed E-state index contributed by atoms with van der Waals surface area (Å²) >= 11 is 1.42. The molecular weight excluding hydrogens is 232 g/mol. The van der Waals surface area contributed by atoms with E-state index < -0.39 is 16.8 Å². The molecule has 2 atom stereocenters. The van der Waals surface area contributed by atoms with Crippen molar-refractivity contribution in [3.05, 3.63) is 0 Å². The number of thioether (sulfide) groups is 1. The van der Waals surface area contributed by atoms with Crippen LogP contribution in [-0.2, 0) is 14.4 Å². The van der Waals surface area contributed by atoms with Crippen molar-refractivity contribution >= 4 is 29.4 Å². The van der Waals surface area contributed by atoms with E-state index in [9.17, 15) is 9.59 Å². The van der Waals surface area contributed by atoms with E-state index >= 15 is 0 Å². The van der Waals surface area contributed by atoms with Crippen LogP contribution in [0.1, 0.15) is 13.8 Å². The summed E-state index contributed by atoms with van der Waals surface area (Å²) in [7, 11) is 1.36. The van der Waals surface area contributed by atoms with Crippen LogP contribution in [0.4, 0.5) is 0 Å². The molecule has 6 nitrogen and oxygen atoms in total. The summed E-state index contributed by atoms with van der Waals surface area (Å²) in [5.41, 5.74) is 0.296. The number of carboxylic acid groups (broad SMARTS) is 1. The topological polar surface area (TPSA) is 79.2 Å². The molecule has 16 heavy (non-hydrogen) atoms. The Morgan fingerprint density at radius 3 is 2.75 bits per heavy atom. The predicted molar refractivity (Wildman–Crippen MR) is 58.2 cm³/mol. The molecule has 0 unspecified atom stereocenters. The predicted octanol–water partition coefficient (Wildman–Crippen LogP) is 0.136. The Morgan fingerprint density at radius 2 is 2.25 bits per heavy atom. The quantitative estimate of drug-likeness (QED) is 0.552. The molecule has 0 bridgehead atoms. The first-order valence-corrected chi connectivity index (χ1v) is 5.62. The third kappa shape index (κ3) is 1.31. The SMILES string of the molecule is CO/N=C1\C(=O)N2[C@@H]1SC(C)(C)[C@@H]2C(=O)O. The summed E-state index contributed by atoms with van der Waals surface area (Å²) in [6.07, 6.45) is 0. The molecule has 2 rings (SSSR count). The number of β-lactam (4-membered cyclic amide) rings is 1. The van der Waals surface area contributed by atoms with E-state index in [0.717, 1.165) is 0 Å². The molecule has 88 valence electrons. The van der Waals surface area contributed by atoms with Crippen molar-refractivity contribution in [3.63, 3.8) is 0 Å². The van der Waals surface area contributed by atoms with Crippen LogP contribution in [0.5, 0.6) is 0 Å². The number of hydrogen-bond acceptors (Lipinski definition) is 5. The van der Waals surface area contributed by atoms with Gasteiger partial charge in [0, 0.05) is 4.75 Å². The van der Waals surface area contributed by atoms with Gasteiger partial charge < -0.3 is 14.8 Å². The van der Waals surface area contributed by atoms with Crippen LogP contribution in [0, 0.1) is 0 Å². The van der Waals surface area contributed by atoms with Gasteiger partial charge in [0.05, 0.1) is 0 Å². The van der Waals surface area contributed by atoms with Gasteiger partial charge in [0.2, 0.25) is 0 Å². The van der Waals surface area contributed by atoms with Crippen LogP contribution in [-0.4, -0.2) is 50.9 Å². The monoisotopic (exact) mass is 244 g/mol. The van der Waals surface area contributed by atoms with Gasteiger partial charge in [-0.2, -0.15) is 0 Å². The lowest BCUT2D eigenvalue weighted by atomic mass is 9.98. The summed E-state index contributed by atoms with van der Waals surface area (Å²) < 4.78 is -0.517. The van der Waals surface area contributed by atoms with E-state index in [-0.39, 0.29) is 11.3 Å². The van der Waals surface area contributed by atoms with Crippen LogP contribution in [0.15, 0.2) is 5.16 Å². The van der Waals surface area contributed by atoms with Gasteiger partial charge in [-0.3, -0.25) is 4.79 Å². The first-order valence-electron chi connectivity index (χ1n) is 4.74. The third-order valence-corrected chi connectivity index (χ3v) is 4.22. The van der Waals surface area contributed by atoms with Gasteiger partial charge in [0.25, 0.3) is 5.91 Å². The molecule has 1 N–H and O–H groups in total. The molecule has 2 saturated heterocycles. The molecule has 1 amide bonds. The number of amides is 1. The van der Waals surface area contributed by atoms with Crippen LogP contribution in [0.3, 0.4) is 0 Å². The normalized spacial score (nSPS) is 33.6. The van der Waals surface area contributed by atoms with Crippen molar-refractivity contribution < 1.29 is 19.5 Å². The zero-order valence-corrected chi connectivity index (χ0v) is 9.95. The van der Waals surface area contributed by atoms with Gasteiger partial charge in [-0.15, -0.1) is 11.8 Å². The second kappa shape index (κ2) is 3.38. The maximum atomic E-state index is 11.7. The van der Waals surface area contributed by atoms with Crippen molar-refractivity contribution in [2.45, 2.75) is 30.0 Å². The molecule has 2 aliphatic rings. The Balaban J connectivity index is 2.32. The summed E-state index contributed by atoms with van der Waals surface area (Å²) in [6.45, 7) is 3.62. The molecule has 2 heterocycles. The Hall–Kier alpha value is -1.24. The van der Waals surface area contributed by atoms with Gasteiger partial charge in [0.15, 0.2) is 5.71 Å². The molecule has 0 spiro atoms. The lowest BCUT2D eigenvalue weighted by molar-refractivity contribution is -0.150. The van der Waals surface area contributed by atoms with E-state index in [1.54, 1.807) is 0 Å². The van der Waals surface area contributed by atoms with Gasteiger partial charge in [-0.1, -0.05) is 5.16 Å². The number of nitrogens with zero attached hydrogens (tertiary/aromatic N) is 2. The van der Waals surface area contributed by atoms with Crippen molar-refractivity contribution in [3.8, 4) is 0 Å². The van der Waals surface area contributed by atoms with Gasteiger partial charge in [-0.05, 0) is 13.8 Å². The molecule has 2 aliphatic heterocycles. The number of carboxylic acids is 1. The zero-order valence-electron chi connectivity index (χ0n) is 9.13. The smallest absolute Gasteiger partial charge is 0.327 e. The molecule has 7 heteroatoms. The summed E-state index contributed by atoms with van der Waals surface area (Å²) in [5, 5.41) is 12.5. The van der Waals surface area contributed by atoms with Crippen molar-refractivity contribution in [2.24, 2.45) is 5.16 Å². The molecular formula is C9H12N2O4S. The van der Waals surface area contributed by atoms with E-state index in [1.807, 2.05) is 13.8 Å².